The molecule has 0 saturated heterocycles. The minimum absolute atomic E-state index is 0. The van der Waals surface area contributed by atoms with Gasteiger partial charge < -0.3 is 21.1 Å². The predicted octanol–water partition coefficient (Wildman–Crippen LogP) is 6.81. The van der Waals surface area contributed by atoms with E-state index in [-0.39, 0.29) is 56.3 Å². The van der Waals surface area contributed by atoms with E-state index in [4.69, 9.17) is 9.47 Å². The summed E-state index contributed by atoms with van der Waals surface area (Å²) in [6.45, 7) is 6.81. The van der Waals surface area contributed by atoms with Crippen molar-refractivity contribution in [3.05, 3.63) is 131 Å². The molecule has 0 bridgehead atoms. The molecule has 268 valence electrons. The number of unbranched alkanes of at least 4 members (excludes halogenated alkanes) is 4. The molecule has 0 spiro atoms. The summed E-state index contributed by atoms with van der Waals surface area (Å²) in [7, 11) is -5.63. The van der Waals surface area contributed by atoms with Gasteiger partial charge in [0, 0.05) is 29.2 Å². The van der Waals surface area contributed by atoms with Gasteiger partial charge in [0.15, 0.2) is 0 Å². The van der Waals surface area contributed by atoms with Crippen LogP contribution in [0.5, 0.6) is 0 Å². The topological polar surface area (TPSA) is 86.7 Å². The number of hydrogen-bond donors (Lipinski definition) is 0. The van der Waals surface area contributed by atoms with E-state index >= 15 is 0 Å². The molecular formula is C38H48BrKO6S4. The summed E-state index contributed by atoms with van der Waals surface area (Å²) in [6.07, 6.45) is 6.47. The van der Waals surface area contributed by atoms with Crippen LogP contribution < -0.4 is 51.4 Å². The fourth-order valence-corrected chi connectivity index (χ4v) is 8.23. The molecule has 4 aromatic carbocycles. The van der Waals surface area contributed by atoms with Crippen LogP contribution in [0.25, 0.3) is 0 Å². The van der Waals surface area contributed by atoms with Gasteiger partial charge in [0.05, 0.1) is 27.0 Å². The van der Waals surface area contributed by atoms with Gasteiger partial charge in [0.1, 0.15) is 0 Å². The fraction of sp³-hybridized carbons (Fsp3) is 0.368. The van der Waals surface area contributed by atoms with Crippen molar-refractivity contribution in [1.29, 1.82) is 0 Å². The number of rotatable bonds is 18. The van der Waals surface area contributed by atoms with Crippen molar-refractivity contribution in [1.82, 2.24) is 0 Å². The molecule has 0 aromatic heterocycles. The largest absolute Gasteiger partial charge is 1.00 e. The minimum Gasteiger partial charge on any atom is -0.644 e. The SMILES string of the molecule is BrCCCCCOCc1ccccc1.Cc1ccc(S(=O)(=O)SCCCCCOCc2ccccc2)cc1.Cc1ccc(S(=O)(=O)[S-])cc1.[K+]. The van der Waals surface area contributed by atoms with Crippen LogP contribution in [-0.4, -0.2) is 41.1 Å². The second-order valence-electron chi connectivity index (χ2n) is 11.2. The molecule has 6 nitrogen and oxygen atoms in total. The van der Waals surface area contributed by atoms with E-state index in [0.717, 1.165) is 59.7 Å². The van der Waals surface area contributed by atoms with Crippen molar-refractivity contribution in [3.63, 3.8) is 0 Å². The van der Waals surface area contributed by atoms with Crippen LogP contribution in [0.1, 0.15) is 60.8 Å². The molecule has 0 radical (unpaired) electrons. The Morgan fingerprint density at radius 2 is 1.00 bits per heavy atom. The summed E-state index contributed by atoms with van der Waals surface area (Å²) < 4.78 is 57.0. The Hall–Kier alpha value is -0.484. The van der Waals surface area contributed by atoms with Crippen LogP contribution in [0, 0.1) is 13.8 Å². The first kappa shape index (κ1) is 47.5. The number of alkyl halides is 1. The monoisotopic (exact) mass is 846 g/mol. The van der Waals surface area contributed by atoms with E-state index in [1.54, 1.807) is 24.3 Å². The van der Waals surface area contributed by atoms with Crippen LogP contribution in [0.2, 0.25) is 0 Å². The Bertz CT molecular complexity index is 1640. The standard InChI is InChI=1S/C19H24O3S2.C12H17BrO.C7H8O2S2.K/c1-17-10-12-19(13-11-17)24(20,21)23-15-7-3-6-14-22-16-18-8-4-2-5-9-18;13-9-5-2-6-10-14-11-12-7-3-1-4-8-12;1-6-2-4-7(5-3-6)11(8,9)10;/h2,4-5,8-13H,3,6-7,14-16H2,1H3;1,3-4,7-8H,2,5-6,9-11H2;2-5H,1H3,(H,8,9,10);/q;;;+1/p-1. The van der Waals surface area contributed by atoms with E-state index in [2.05, 4.69) is 39.7 Å². The van der Waals surface area contributed by atoms with E-state index < -0.39 is 17.7 Å². The van der Waals surface area contributed by atoms with E-state index in [9.17, 15) is 16.8 Å². The molecule has 0 unspecified atom stereocenters. The van der Waals surface area contributed by atoms with E-state index in [1.165, 1.54) is 42.5 Å². The van der Waals surface area contributed by atoms with Gasteiger partial charge in [-0.1, -0.05) is 125 Å². The summed E-state index contributed by atoms with van der Waals surface area (Å²) in [5.74, 6) is 0.620. The smallest absolute Gasteiger partial charge is 0.644 e. The third-order valence-electron chi connectivity index (χ3n) is 6.94. The molecule has 0 atom stereocenters. The molecule has 50 heavy (non-hydrogen) atoms. The fourth-order valence-electron chi connectivity index (χ4n) is 4.13. The van der Waals surface area contributed by atoms with Crippen LogP contribution in [0.15, 0.2) is 119 Å². The van der Waals surface area contributed by atoms with Crippen molar-refractivity contribution in [2.45, 2.75) is 75.4 Å². The summed E-state index contributed by atoms with van der Waals surface area (Å²) in [4.78, 5) is 0.586. The third-order valence-corrected chi connectivity index (χ3v) is 12.5. The Balaban J connectivity index is 0.000000408. The van der Waals surface area contributed by atoms with E-state index in [0.29, 0.717) is 23.9 Å². The maximum absolute atomic E-state index is 12.2. The summed E-state index contributed by atoms with van der Waals surface area (Å²) >= 11 is 7.68. The first-order chi connectivity index (χ1) is 23.5. The zero-order chi connectivity index (χ0) is 35.8. The Labute approximate surface area is 360 Å². The van der Waals surface area contributed by atoms with Crippen molar-refractivity contribution in [2.24, 2.45) is 0 Å². The van der Waals surface area contributed by atoms with Gasteiger partial charge in [-0.2, -0.15) is 0 Å². The van der Waals surface area contributed by atoms with Gasteiger partial charge in [-0.25, -0.2) is 16.8 Å². The molecule has 0 aliphatic rings. The molecule has 0 saturated carbocycles. The van der Waals surface area contributed by atoms with Crippen molar-refractivity contribution < 1.29 is 77.7 Å². The van der Waals surface area contributed by atoms with Crippen LogP contribution in [0.3, 0.4) is 0 Å². The van der Waals surface area contributed by atoms with Crippen molar-refractivity contribution >= 4 is 56.1 Å². The zero-order valence-electron chi connectivity index (χ0n) is 29.3. The van der Waals surface area contributed by atoms with Gasteiger partial charge in [-0.15, -0.1) is 0 Å². The molecule has 4 rings (SSSR count). The number of ether oxygens (including phenoxy) is 2. The number of aryl methyl sites for hydroxylation is 2. The molecule has 0 aliphatic heterocycles. The van der Waals surface area contributed by atoms with Crippen molar-refractivity contribution in [2.75, 3.05) is 24.3 Å². The number of benzene rings is 4. The van der Waals surface area contributed by atoms with E-state index in [1.807, 2.05) is 74.5 Å². The summed E-state index contributed by atoms with van der Waals surface area (Å²) in [5, 5.41) is 1.10. The average molecular weight is 848 g/mol. The van der Waals surface area contributed by atoms with Gasteiger partial charge in [0.25, 0.3) is 0 Å². The normalized spacial score (nSPS) is 11.0. The van der Waals surface area contributed by atoms with Gasteiger partial charge >= 0.3 is 51.4 Å². The molecule has 0 aliphatic carbocycles. The third kappa shape index (κ3) is 22.6. The maximum Gasteiger partial charge on any atom is 1.00 e. The summed E-state index contributed by atoms with van der Waals surface area (Å²) in [6, 6.07) is 33.9. The maximum atomic E-state index is 12.2. The molecule has 4 aromatic rings. The minimum atomic E-state index is -3.44. The Kier molecular flexibility index (Phi) is 26.6. The molecule has 0 heterocycles. The Morgan fingerprint density at radius 3 is 1.42 bits per heavy atom. The second-order valence-corrected chi connectivity index (χ2v) is 18.8. The first-order valence-electron chi connectivity index (χ1n) is 16.3. The average Bonchev–Trinajstić information content (AvgIpc) is 3.09. The zero-order valence-corrected chi connectivity index (χ0v) is 37.3. The molecule has 12 heteroatoms. The van der Waals surface area contributed by atoms with Crippen LogP contribution in [-0.2, 0) is 52.1 Å². The van der Waals surface area contributed by atoms with Crippen LogP contribution in [0.4, 0.5) is 0 Å². The summed E-state index contributed by atoms with van der Waals surface area (Å²) in [5.41, 5.74) is 4.52. The Morgan fingerprint density at radius 1 is 0.580 bits per heavy atom. The molecule has 0 fully saturated rings. The first-order valence-corrected chi connectivity index (χ1v) is 22.8. The van der Waals surface area contributed by atoms with Crippen LogP contribution >= 0.6 is 26.7 Å². The number of halogens is 1. The quantitative estimate of drug-likeness (QED) is 0.0356. The molecular weight excluding hydrogens is 800 g/mol. The predicted molar refractivity (Wildman–Crippen MR) is 210 cm³/mol. The van der Waals surface area contributed by atoms with Gasteiger partial charge in [-0.3, -0.25) is 0 Å². The second kappa shape index (κ2) is 28.0. The van der Waals surface area contributed by atoms with Gasteiger partial charge in [0.2, 0.25) is 8.87 Å². The number of hydrogen-bond acceptors (Lipinski definition) is 8. The molecule has 0 amide bonds. The van der Waals surface area contributed by atoms with Crippen molar-refractivity contribution in [3.8, 4) is 0 Å². The molecule has 0 N–H and O–H groups in total. The van der Waals surface area contributed by atoms with Gasteiger partial charge in [-0.05, 0) is 85.7 Å².